The second-order valence-electron chi connectivity index (χ2n) is 14.8. The van der Waals surface area contributed by atoms with Crippen LogP contribution in [0.5, 0.6) is 23.0 Å². The third-order valence-corrected chi connectivity index (χ3v) is 10.8. The second kappa shape index (κ2) is 18.3. The predicted molar refractivity (Wildman–Crippen MR) is 201 cm³/mol. The average Bonchev–Trinajstić information content (AvgIpc) is 3.87. The van der Waals surface area contributed by atoms with Crippen molar-refractivity contribution in [3.63, 3.8) is 0 Å². The van der Waals surface area contributed by atoms with Gasteiger partial charge in [0.2, 0.25) is 5.91 Å². The van der Waals surface area contributed by atoms with E-state index in [9.17, 15) is 9.59 Å². The van der Waals surface area contributed by atoms with Gasteiger partial charge in [-0.15, -0.1) is 0 Å². The molecule has 2 aromatic carbocycles. The largest absolute Gasteiger partial charge is 0.493 e. The first kappa shape index (κ1) is 37.3. The van der Waals surface area contributed by atoms with E-state index < -0.39 is 0 Å². The fraction of sp³-hybridized carbons (Fsp3) is 0.571. The Balaban J connectivity index is 0.842. The van der Waals surface area contributed by atoms with Crippen molar-refractivity contribution in [2.75, 3.05) is 72.8 Å². The van der Waals surface area contributed by atoms with E-state index in [0.717, 1.165) is 88.6 Å². The molecule has 1 aliphatic carbocycles. The molecule has 0 saturated carbocycles. The number of methoxy groups -OCH3 is 1. The molecule has 3 fully saturated rings. The molecule has 7 rings (SSSR count). The Kier molecular flexibility index (Phi) is 12.9. The molecule has 4 heterocycles. The molecule has 53 heavy (non-hydrogen) atoms. The van der Waals surface area contributed by atoms with Crippen molar-refractivity contribution in [1.82, 2.24) is 15.1 Å². The molecule has 0 spiro atoms. The lowest BCUT2D eigenvalue weighted by Gasteiger charge is -2.30. The van der Waals surface area contributed by atoms with Crippen LogP contribution < -0.4 is 24.3 Å². The summed E-state index contributed by atoms with van der Waals surface area (Å²) in [6.07, 6.45) is 12.4. The minimum Gasteiger partial charge on any atom is -0.493 e. The second-order valence-corrected chi connectivity index (χ2v) is 14.8. The number of hydrogen-bond acceptors (Lipinski definition) is 10. The highest BCUT2D eigenvalue weighted by molar-refractivity contribution is 5.97. The number of benzene rings is 2. The maximum absolute atomic E-state index is 13.2. The third-order valence-electron chi connectivity index (χ3n) is 10.8. The Morgan fingerprint density at radius 1 is 0.906 bits per heavy atom. The number of likely N-dealkylation sites (tertiary alicyclic amines) is 2. The van der Waals surface area contributed by atoms with Crippen LogP contribution in [0.2, 0.25) is 0 Å². The van der Waals surface area contributed by atoms with E-state index in [-0.39, 0.29) is 36.4 Å². The van der Waals surface area contributed by atoms with E-state index in [1.165, 1.54) is 24.0 Å². The number of carbonyl (C=O) groups is 2. The number of hydrogen-bond donors (Lipinski definition) is 1. The van der Waals surface area contributed by atoms with Crippen LogP contribution >= 0.6 is 0 Å². The van der Waals surface area contributed by atoms with Gasteiger partial charge in [0.15, 0.2) is 28.8 Å². The topological polar surface area (TPSA) is 108 Å². The summed E-state index contributed by atoms with van der Waals surface area (Å²) in [6, 6.07) is 11.6. The van der Waals surface area contributed by atoms with Gasteiger partial charge < -0.3 is 38.6 Å². The van der Waals surface area contributed by atoms with Gasteiger partial charge in [-0.05, 0) is 119 Å². The fourth-order valence-electron chi connectivity index (χ4n) is 8.03. The van der Waals surface area contributed by atoms with Crippen LogP contribution in [0.1, 0.15) is 73.7 Å². The predicted octanol–water partition coefficient (Wildman–Crippen LogP) is 5.51. The van der Waals surface area contributed by atoms with Gasteiger partial charge in [0.05, 0.1) is 13.7 Å². The average molecular weight is 730 g/mol. The van der Waals surface area contributed by atoms with Gasteiger partial charge in [-0.2, -0.15) is 0 Å². The Labute approximate surface area is 313 Å². The van der Waals surface area contributed by atoms with Crippen molar-refractivity contribution in [2.24, 2.45) is 0 Å². The third kappa shape index (κ3) is 10.3. The normalized spacial score (nSPS) is 21.9. The lowest BCUT2D eigenvalue weighted by atomic mass is 9.96. The summed E-state index contributed by atoms with van der Waals surface area (Å²) in [5.74, 6) is 3.75. The quantitative estimate of drug-likeness (QED) is 0.210. The molecule has 2 aromatic rings. The van der Waals surface area contributed by atoms with Crippen LogP contribution in [-0.4, -0.2) is 113 Å². The molecular weight excluding hydrogens is 674 g/mol. The number of carbonyl (C=O) groups excluding carboxylic acids is 2. The highest BCUT2D eigenvalue weighted by atomic mass is 16.6. The first-order chi connectivity index (χ1) is 26.0. The van der Waals surface area contributed by atoms with Crippen molar-refractivity contribution >= 4 is 11.7 Å². The van der Waals surface area contributed by atoms with Gasteiger partial charge in [-0.3, -0.25) is 14.5 Å². The monoisotopic (exact) mass is 729 g/mol. The number of aryl methyl sites for hydroxylation is 1. The Morgan fingerprint density at radius 2 is 1.75 bits per heavy atom. The van der Waals surface area contributed by atoms with Gasteiger partial charge in [0.1, 0.15) is 37.8 Å². The van der Waals surface area contributed by atoms with Crippen molar-refractivity contribution in [1.29, 1.82) is 0 Å². The highest BCUT2D eigenvalue weighted by Gasteiger charge is 2.27. The molecule has 0 bridgehead atoms. The zero-order chi connectivity index (χ0) is 36.4. The first-order valence-electron chi connectivity index (χ1n) is 19.6. The SMILES string of the molecule is COc1cc(C(=O)CCCC(=O)NC(CC2=CCC3OCCOC3=C2)CN2CCCC2)ccc1OC1CCN(CCCc2ccc3c(c2)OCCO3)C1. The Hall–Kier alpha value is -4.06. The summed E-state index contributed by atoms with van der Waals surface area (Å²) in [6.45, 7) is 8.20. The highest BCUT2D eigenvalue weighted by Crippen LogP contribution is 2.33. The summed E-state index contributed by atoms with van der Waals surface area (Å²) in [7, 11) is 1.60. The summed E-state index contributed by atoms with van der Waals surface area (Å²) in [4.78, 5) is 31.2. The van der Waals surface area contributed by atoms with E-state index in [1.54, 1.807) is 13.2 Å². The maximum Gasteiger partial charge on any atom is 0.220 e. The molecule has 4 aliphatic heterocycles. The van der Waals surface area contributed by atoms with Crippen LogP contribution in [0.25, 0.3) is 0 Å². The van der Waals surface area contributed by atoms with Crippen LogP contribution in [0.4, 0.5) is 0 Å². The van der Waals surface area contributed by atoms with Gasteiger partial charge in [0, 0.05) is 44.1 Å². The minimum absolute atomic E-state index is 0.00449. The lowest BCUT2D eigenvalue weighted by Crippen LogP contribution is -2.43. The fourth-order valence-corrected chi connectivity index (χ4v) is 8.03. The Morgan fingerprint density at radius 3 is 2.62 bits per heavy atom. The van der Waals surface area contributed by atoms with Crippen molar-refractivity contribution in [3.05, 3.63) is 71.0 Å². The molecule has 11 nitrogen and oxygen atoms in total. The van der Waals surface area contributed by atoms with Crippen molar-refractivity contribution in [2.45, 2.75) is 82.5 Å². The number of rotatable bonds is 17. The summed E-state index contributed by atoms with van der Waals surface area (Å²) in [5, 5.41) is 3.29. The molecule has 0 aromatic heterocycles. The molecule has 3 unspecified atom stereocenters. The van der Waals surface area contributed by atoms with E-state index in [2.05, 4.69) is 39.4 Å². The molecule has 1 amide bonds. The molecule has 11 heteroatoms. The maximum atomic E-state index is 13.2. The molecule has 1 N–H and O–H groups in total. The van der Waals surface area contributed by atoms with E-state index in [1.807, 2.05) is 18.2 Å². The first-order valence-corrected chi connectivity index (χ1v) is 19.6. The van der Waals surface area contributed by atoms with Crippen LogP contribution in [0.15, 0.2) is 59.9 Å². The van der Waals surface area contributed by atoms with Crippen LogP contribution in [0.3, 0.4) is 0 Å². The van der Waals surface area contributed by atoms with Crippen LogP contribution in [-0.2, 0) is 20.7 Å². The van der Waals surface area contributed by atoms with Gasteiger partial charge >= 0.3 is 0 Å². The molecule has 286 valence electrons. The molecule has 5 aliphatic rings. The summed E-state index contributed by atoms with van der Waals surface area (Å²) < 4.78 is 35.1. The molecule has 0 radical (unpaired) electrons. The smallest absolute Gasteiger partial charge is 0.220 e. The number of nitrogens with one attached hydrogen (secondary N) is 1. The number of nitrogens with zero attached hydrogens (tertiary/aromatic N) is 2. The van der Waals surface area contributed by atoms with E-state index in [0.29, 0.717) is 56.3 Å². The van der Waals surface area contributed by atoms with Crippen LogP contribution in [0, 0.1) is 0 Å². The zero-order valence-electron chi connectivity index (χ0n) is 31.2. The number of fused-ring (bicyclic) bond motifs is 2. The molecular formula is C42H55N3O8. The van der Waals surface area contributed by atoms with Gasteiger partial charge in [-0.1, -0.05) is 12.1 Å². The van der Waals surface area contributed by atoms with Crippen molar-refractivity contribution in [3.8, 4) is 23.0 Å². The lowest BCUT2D eigenvalue weighted by molar-refractivity contribution is -0.122. The standard InChI is InChI=1S/C42H55N3O8/c1-48-39-27-32(11-14-38(39)53-34-15-19-45(29-34)18-5-6-30-9-12-36-40(25-30)51-22-20-49-36)35(46)7-4-8-42(47)43-33(28-44-16-2-3-17-44)24-31-10-13-37-41(26-31)52-23-21-50-37/h9-12,14,25-27,33-34,37H,2-8,13,15-24,28-29H2,1H3,(H,43,47). The number of Topliss-reactive ketones (excluding diaryl/α,β-unsaturated/α-hetero) is 1. The zero-order valence-corrected chi connectivity index (χ0v) is 31.2. The molecule has 3 atom stereocenters. The number of amides is 1. The van der Waals surface area contributed by atoms with E-state index >= 15 is 0 Å². The number of ketones is 1. The minimum atomic E-state index is -0.0172. The van der Waals surface area contributed by atoms with Gasteiger partial charge in [0.25, 0.3) is 0 Å². The van der Waals surface area contributed by atoms with Crippen molar-refractivity contribution < 1.29 is 38.0 Å². The Bertz CT molecular complexity index is 1640. The molecule has 3 saturated heterocycles. The van der Waals surface area contributed by atoms with Gasteiger partial charge in [-0.25, -0.2) is 0 Å². The van der Waals surface area contributed by atoms with E-state index in [4.69, 9.17) is 28.4 Å². The number of ether oxygens (including phenoxy) is 6. The number of allylic oxidation sites excluding steroid dienone is 1. The summed E-state index contributed by atoms with van der Waals surface area (Å²) in [5.41, 5.74) is 3.01. The summed E-state index contributed by atoms with van der Waals surface area (Å²) >= 11 is 0.